The predicted octanol–water partition coefficient (Wildman–Crippen LogP) is 0.664. The summed E-state index contributed by atoms with van der Waals surface area (Å²) in [5.74, 6) is -4.03. The topological polar surface area (TPSA) is 183 Å². The summed E-state index contributed by atoms with van der Waals surface area (Å²) in [6.07, 6.45) is 0.741. The highest BCUT2D eigenvalue weighted by Gasteiger charge is 2.40. The predicted molar refractivity (Wildman–Crippen MR) is 164 cm³/mol. The third kappa shape index (κ3) is 11.2. The molecule has 0 aromatic heterocycles. The number of hydrogen-bond acceptors (Lipinski definition) is 8. The summed E-state index contributed by atoms with van der Waals surface area (Å²) in [5.41, 5.74) is 0.549. The van der Waals surface area contributed by atoms with Crippen LogP contribution < -0.4 is 21.3 Å². The van der Waals surface area contributed by atoms with Crippen LogP contribution in [0.4, 0.5) is 4.79 Å². The van der Waals surface area contributed by atoms with Gasteiger partial charge in [0.15, 0.2) is 0 Å². The fourth-order valence-corrected chi connectivity index (χ4v) is 4.83. The highest BCUT2D eigenvalue weighted by atomic mass is 16.5. The van der Waals surface area contributed by atoms with Crippen LogP contribution in [0.25, 0.3) is 0 Å². The van der Waals surface area contributed by atoms with Gasteiger partial charge in [0.1, 0.15) is 18.6 Å². The van der Waals surface area contributed by atoms with Crippen LogP contribution in [-0.4, -0.2) is 103 Å². The molecule has 1 aromatic rings. The molecule has 14 heteroatoms. The molecule has 1 fully saturated rings. The molecule has 248 valence electrons. The molecule has 0 radical (unpaired) electrons. The van der Waals surface area contributed by atoms with Gasteiger partial charge in [0.25, 0.3) is 5.91 Å². The molecule has 45 heavy (non-hydrogen) atoms. The maximum absolute atomic E-state index is 13.3. The first-order chi connectivity index (χ1) is 21.3. The minimum Gasteiger partial charge on any atom is -0.449 e. The summed E-state index contributed by atoms with van der Waals surface area (Å²) in [7, 11) is 3.10. The van der Waals surface area contributed by atoms with Crippen molar-refractivity contribution in [1.29, 1.82) is 0 Å². The standard InChI is InChI=1S/C31H46N6O8/c1-7-11-22(34-28(41)23-15-14-20(4)37(23)25(39)17-33-31(44)45-18-19(2)3)27(40)29(42)32-16-24(38)35-26(30(43)36(5)6)21-12-9-8-10-13-21/h8-10,12-13,19-20,22-23,26H,7,11,14-18H2,1-6H3,(H,32,42)(H,33,44)(H,34,41)(H,35,38)/t20-,22?,23-,26?/m0/s1. The Labute approximate surface area is 264 Å². The number of amides is 6. The van der Waals surface area contributed by atoms with Crippen molar-refractivity contribution in [2.45, 2.75) is 77.5 Å². The van der Waals surface area contributed by atoms with Gasteiger partial charge < -0.3 is 35.8 Å². The first-order valence-corrected chi connectivity index (χ1v) is 15.2. The van der Waals surface area contributed by atoms with Crippen LogP contribution in [0.2, 0.25) is 0 Å². The van der Waals surface area contributed by atoms with Crippen molar-refractivity contribution < 1.29 is 38.3 Å². The van der Waals surface area contributed by atoms with E-state index in [0.717, 1.165) is 0 Å². The van der Waals surface area contributed by atoms with Crippen LogP contribution in [0, 0.1) is 5.92 Å². The number of likely N-dealkylation sites (tertiary alicyclic amines) is 1. The Balaban J connectivity index is 1.99. The minimum absolute atomic E-state index is 0.127. The Morgan fingerprint density at radius 3 is 2.22 bits per heavy atom. The molecule has 1 aliphatic rings. The largest absolute Gasteiger partial charge is 0.449 e. The third-order valence-electron chi connectivity index (χ3n) is 7.16. The van der Waals surface area contributed by atoms with E-state index in [1.807, 2.05) is 13.8 Å². The number of benzene rings is 1. The van der Waals surface area contributed by atoms with Gasteiger partial charge in [0, 0.05) is 20.1 Å². The summed E-state index contributed by atoms with van der Waals surface area (Å²) >= 11 is 0. The van der Waals surface area contributed by atoms with E-state index in [-0.39, 0.29) is 37.4 Å². The molecular formula is C31H46N6O8. The van der Waals surface area contributed by atoms with Gasteiger partial charge in [-0.25, -0.2) is 4.79 Å². The molecule has 0 aliphatic carbocycles. The maximum Gasteiger partial charge on any atom is 0.407 e. The zero-order valence-electron chi connectivity index (χ0n) is 26.9. The summed E-state index contributed by atoms with van der Waals surface area (Å²) in [5, 5.41) is 9.86. The number of carbonyl (C=O) groups is 7. The highest BCUT2D eigenvalue weighted by Crippen LogP contribution is 2.24. The first kappa shape index (κ1) is 36.7. The van der Waals surface area contributed by atoms with Crippen molar-refractivity contribution in [3.63, 3.8) is 0 Å². The van der Waals surface area contributed by atoms with Gasteiger partial charge in [0.2, 0.25) is 29.4 Å². The van der Waals surface area contributed by atoms with Gasteiger partial charge in [-0.2, -0.15) is 0 Å². The second kappa shape index (κ2) is 17.7. The number of likely N-dealkylation sites (N-methyl/N-ethyl adjacent to an activating group) is 1. The average Bonchev–Trinajstić information content (AvgIpc) is 3.40. The van der Waals surface area contributed by atoms with Crippen molar-refractivity contribution in [3.05, 3.63) is 35.9 Å². The minimum atomic E-state index is -1.19. The Bertz CT molecular complexity index is 1220. The molecule has 14 nitrogen and oxygen atoms in total. The number of nitrogens with zero attached hydrogens (tertiary/aromatic N) is 2. The van der Waals surface area contributed by atoms with Crippen LogP contribution in [0.3, 0.4) is 0 Å². The van der Waals surface area contributed by atoms with E-state index >= 15 is 0 Å². The van der Waals surface area contributed by atoms with Gasteiger partial charge in [0.05, 0.1) is 19.2 Å². The van der Waals surface area contributed by atoms with Gasteiger partial charge in [-0.1, -0.05) is 57.5 Å². The van der Waals surface area contributed by atoms with E-state index in [9.17, 15) is 33.6 Å². The van der Waals surface area contributed by atoms with E-state index in [0.29, 0.717) is 24.8 Å². The molecule has 0 bridgehead atoms. The Hall–Kier alpha value is -4.49. The van der Waals surface area contributed by atoms with Gasteiger partial charge in [-0.15, -0.1) is 0 Å². The lowest BCUT2D eigenvalue weighted by atomic mass is 10.0. The van der Waals surface area contributed by atoms with E-state index in [1.165, 1.54) is 9.80 Å². The molecule has 4 N–H and O–H groups in total. The molecule has 6 amide bonds. The number of alkyl carbamates (subject to hydrolysis) is 1. The number of rotatable bonds is 15. The van der Waals surface area contributed by atoms with Crippen molar-refractivity contribution >= 4 is 41.4 Å². The number of nitrogens with one attached hydrogen (secondary N) is 4. The van der Waals surface area contributed by atoms with Crippen LogP contribution in [0.15, 0.2) is 30.3 Å². The molecule has 1 saturated heterocycles. The zero-order valence-corrected chi connectivity index (χ0v) is 26.9. The molecule has 1 aliphatic heterocycles. The number of carbonyl (C=O) groups excluding carboxylic acids is 7. The zero-order chi connectivity index (χ0) is 33.7. The lowest BCUT2D eigenvalue weighted by molar-refractivity contribution is -0.143. The molecule has 1 aromatic carbocycles. The van der Waals surface area contributed by atoms with Crippen LogP contribution in [0.5, 0.6) is 0 Å². The third-order valence-corrected chi connectivity index (χ3v) is 7.16. The monoisotopic (exact) mass is 630 g/mol. The quantitative estimate of drug-likeness (QED) is 0.204. The molecule has 0 spiro atoms. The molecule has 0 saturated carbocycles. The maximum atomic E-state index is 13.3. The fraction of sp³-hybridized carbons (Fsp3) is 0.581. The van der Waals surface area contributed by atoms with Crippen molar-refractivity contribution in [2.24, 2.45) is 5.92 Å². The summed E-state index contributed by atoms with van der Waals surface area (Å²) < 4.78 is 5.02. The second-order valence-corrected chi connectivity index (χ2v) is 11.6. The Morgan fingerprint density at radius 1 is 0.956 bits per heavy atom. The lowest BCUT2D eigenvalue weighted by Gasteiger charge is -2.29. The molecule has 4 atom stereocenters. The lowest BCUT2D eigenvalue weighted by Crippen LogP contribution is -2.55. The normalized spacial score (nSPS) is 17.1. The van der Waals surface area contributed by atoms with Gasteiger partial charge >= 0.3 is 6.09 Å². The van der Waals surface area contributed by atoms with Crippen LogP contribution in [0.1, 0.15) is 65.0 Å². The number of ketones is 1. The molecular weight excluding hydrogens is 584 g/mol. The van der Waals surface area contributed by atoms with Crippen LogP contribution >= 0.6 is 0 Å². The van der Waals surface area contributed by atoms with E-state index in [4.69, 9.17) is 4.74 Å². The summed E-state index contributed by atoms with van der Waals surface area (Å²) in [6, 6.07) is 5.23. The molecule has 2 unspecified atom stereocenters. The van der Waals surface area contributed by atoms with E-state index < -0.39 is 60.2 Å². The van der Waals surface area contributed by atoms with Crippen molar-refractivity contribution in [1.82, 2.24) is 31.1 Å². The number of hydrogen-bond donors (Lipinski definition) is 4. The van der Waals surface area contributed by atoms with Gasteiger partial charge in [-0.05, 0) is 37.7 Å². The number of Topliss-reactive ketones (excluding diaryl/α,β-unsaturated/α-hetero) is 1. The van der Waals surface area contributed by atoms with Crippen molar-refractivity contribution in [3.8, 4) is 0 Å². The highest BCUT2D eigenvalue weighted by molar-refractivity contribution is 6.38. The number of ether oxygens (including phenoxy) is 1. The van der Waals surface area contributed by atoms with Gasteiger partial charge in [-0.3, -0.25) is 28.8 Å². The Morgan fingerprint density at radius 2 is 1.62 bits per heavy atom. The SMILES string of the molecule is CCCC(NC(=O)[C@@H]1CC[C@H](C)N1C(=O)CNC(=O)OCC(C)C)C(=O)C(=O)NCC(=O)NC(C(=O)N(C)C)c1ccccc1. The molecule has 1 heterocycles. The Kier molecular flexibility index (Phi) is 14.4. The van der Waals surface area contributed by atoms with E-state index in [1.54, 1.807) is 58.3 Å². The average molecular weight is 631 g/mol. The van der Waals surface area contributed by atoms with Crippen molar-refractivity contribution in [2.75, 3.05) is 33.8 Å². The molecule has 2 rings (SSSR count). The summed E-state index contributed by atoms with van der Waals surface area (Å²) in [6.45, 7) is 6.57. The smallest absolute Gasteiger partial charge is 0.407 e. The van der Waals surface area contributed by atoms with E-state index in [2.05, 4.69) is 21.3 Å². The second-order valence-electron chi connectivity index (χ2n) is 11.6. The van der Waals surface area contributed by atoms with Crippen LogP contribution in [-0.2, 0) is 33.5 Å². The fourth-order valence-electron chi connectivity index (χ4n) is 4.83. The first-order valence-electron chi connectivity index (χ1n) is 15.2. The summed E-state index contributed by atoms with van der Waals surface area (Å²) in [4.78, 5) is 91.9.